The lowest BCUT2D eigenvalue weighted by atomic mass is 10.2. The van der Waals surface area contributed by atoms with Crippen molar-refractivity contribution >= 4 is 21.6 Å². The molecule has 2 aromatic carbocycles. The number of nitrogens with zero attached hydrogens (tertiary/aromatic N) is 3. The first-order valence-corrected chi connectivity index (χ1v) is 11.7. The highest BCUT2D eigenvalue weighted by Crippen LogP contribution is 2.30. The molecule has 0 radical (unpaired) electrons. The summed E-state index contributed by atoms with van der Waals surface area (Å²) in [6.45, 7) is 4.88. The maximum atomic E-state index is 12.6. The summed E-state index contributed by atoms with van der Waals surface area (Å²) < 4.78 is 31.7. The molecule has 30 heavy (non-hydrogen) atoms. The van der Waals surface area contributed by atoms with Gasteiger partial charge in [-0.2, -0.15) is 0 Å². The highest BCUT2D eigenvalue weighted by molar-refractivity contribution is 7.90. The number of piperazine rings is 1. The molecule has 0 aliphatic carbocycles. The van der Waals surface area contributed by atoms with Crippen LogP contribution in [0.15, 0.2) is 53.4 Å². The molecular formula is C22H27N3O4S. The first kappa shape index (κ1) is 20.7. The molecule has 0 spiro atoms. The van der Waals surface area contributed by atoms with Gasteiger partial charge in [0.05, 0.1) is 18.4 Å². The molecule has 1 amide bonds. The molecule has 8 heteroatoms. The topological polar surface area (TPSA) is 70.2 Å². The van der Waals surface area contributed by atoms with E-state index in [2.05, 4.69) is 15.9 Å². The summed E-state index contributed by atoms with van der Waals surface area (Å²) in [6, 6.07) is 14.5. The number of benzene rings is 2. The number of hydrogen-bond acceptors (Lipinski definition) is 6. The van der Waals surface area contributed by atoms with Crippen LogP contribution in [0.2, 0.25) is 0 Å². The summed E-state index contributed by atoms with van der Waals surface area (Å²) in [5.41, 5.74) is 1.40. The van der Waals surface area contributed by atoms with Crippen molar-refractivity contribution in [3.63, 3.8) is 0 Å². The molecule has 1 saturated heterocycles. The molecule has 0 bridgehead atoms. The fourth-order valence-electron chi connectivity index (χ4n) is 4.15. The normalized spacial score (nSPS) is 18.5. The van der Waals surface area contributed by atoms with Gasteiger partial charge < -0.3 is 9.64 Å². The first-order valence-electron chi connectivity index (χ1n) is 10.3. The lowest BCUT2D eigenvalue weighted by molar-refractivity contribution is 0.0868. The Morgan fingerprint density at radius 2 is 1.57 bits per heavy atom. The van der Waals surface area contributed by atoms with Crippen LogP contribution in [0.25, 0.3) is 0 Å². The maximum Gasteiger partial charge on any atom is 0.269 e. The predicted octanol–water partition coefficient (Wildman–Crippen LogP) is 2.44. The third-order valence-corrected chi connectivity index (χ3v) is 7.64. The molecule has 0 saturated carbocycles. The van der Waals surface area contributed by atoms with E-state index >= 15 is 0 Å². The van der Waals surface area contributed by atoms with Gasteiger partial charge in [-0.05, 0) is 43.7 Å². The van der Waals surface area contributed by atoms with E-state index in [1.54, 1.807) is 25.3 Å². The SMILES string of the molecule is COc1ccccc1N1CCN(CCCCN2C(=O)c3ccccc3S2(=O)=O)CC1. The van der Waals surface area contributed by atoms with E-state index < -0.39 is 15.9 Å². The Morgan fingerprint density at radius 1 is 0.900 bits per heavy atom. The van der Waals surface area contributed by atoms with Gasteiger partial charge >= 0.3 is 0 Å². The first-order chi connectivity index (χ1) is 14.5. The number of anilines is 1. The van der Waals surface area contributed by atoms with Crippen molar-refractivity contribution < 1.29 is 17.9 Å². The van der Waals surface area contributed by atoms with Crippen LogP contribution in [0.1, 0.15) is 23.2 Å². The molecule has 1 fully saturated rings. The summed E-state index contributed by atoms with van der Waals surface area (Å²) in [6.07, 6.45) is 1.51. The zero-order valence-electron chi connectivity index (χ0n) is 17.2. The largest absolute Gasteiger partial charge is 0.495 e. The number of amides is 1. The van der Waals surface area contributed by atoms with Crippen LogP contribution >= 0.6 is 0 Å². The van der Waals surface area contributed by atoms with E-state index in [1.807, 2.05) is 18.2 Å². The second kappa shape index (κ2) is 8.65. The number of methoxy groups -OCH3 is 1. The van der Waals surface area contributed by atoms with Crippen LogP contribution in [0.4, 0.5) is 5.69 Å². The molecule has 2 aliphatic heterocycles. The van der Waals surface area contributed by atoms with Crippen LogP contribution in [0.5, 0.6) is 5.75 Å². The molecule has 4 rings (SSSR count). The maximum absolute atomic E-state index is 12.6. The van der Waals surface area contributed by atoms with Gasteiger partial charge in [0.1, 0.15) is 10.6 Å². The van der Waals surface area contributed by atoms with E-state index in [-0.39, 0.29) is 17.0 Å². The van der Waals surface area contributed by atoms with Crippen LogP contribution in [-0.4, -0.2) is 69.9 Å². The second-order valence-electron chi connectivity index (χ2n) is 7.59. The summed E-state index contributed by atoms with van der Waals surface area (Å²) in [5, 5.41) is 0. The summed E-state index contributed by atoms with van der Waals surface area (Å²) in [4.78, 5) is 17.3. The highest BCUT2D eigenvalue weighted by Gasteiger charge is 2.40. The fourth-order valence-corrected chi connectivity index (χ4v) is 5.75. The number of carbonyl (C=O) groups is 1. The Balaban J connectivity index is 1.24. The Labute approximate surface area is 177 Å². The quantitative estimate of drug-likeness (QED) is 0.630. The summed E-state index contributed by atoms with van der Waals surface area (Å²) in [5.74, 6) is 0.486. The van der Waals surface area contributed by atoms with Crippen LogP contribution in [0.3, 0.4) is 0 Å². The van der Waals surface area contributed by atoms with Crippen molar-refractivity contribution in [3.05, 3.63) is 54.1 Å². The smallest absolute Gasteiger partial charge is 0.269 e. The van der Waals surface area contributed by atoms with E-state index in [4.69, 9.17) is 4.74 Å². The minimum absolute atomic E-state index is 0.127. The van der Waals surface area contributed by atoms with Gasteiger partial charge in [-0.1, -0.05) is 24.3 Å². The fraction of sp³-hybridized carbons (Fsp3) is 0.409. The number of rotatable bonds is 7. The standard InChI is InChI=1S/C22H27N3O4S/c1-29-20-10-4-3-9-19(20)24-16-14-23(15-17-24)12-6-7-13-25-22(26)18-8-2-5-11-21(18)30(25,27)28/h2-5,8-11H,6-7,12-17H2,1H3. The molecule has 0 aromatic heterocycles. The molecule has 0 unspecified atom stereocenters. The number of ether oxygens (including phenoxy) is 1. The zero-order valence-corrected chi connectivity index (χ0v) is 18.0. The molecule has 0 N–H and O–H groups in total. The Kier molecular flexibility index (Phi) is 5.97. The van der Waals surface area contributed by atoms with Gasteiger partial charge in [0.15, 0.2) is 0 Å². The van der Waals surface area contributed by atoms with Crippen LogP contribution in [0, 0.1) is 0 Å². The van der Waals surface area contributed by atoms with Crippen molar-refractivity contribution in [1.82, 2.24) is 9.21 Å². The van der Waals surface area contributed by atoms with Crippen molar-refractivity contribution in [2.24, 2.45) is 0 Å². The van der Waals surface area contributed by atoms with E-state index in [9.17, 15) is 13.2 Å². The molecule has 7 nitrogen and oxygen atoms in total. The number of fused-ring (bicyclic) bond motifs is 1. The third kappa shape index (κ3) is 3.89. The number of unbranched alkanes of at least 4 members (excludes halogenated alkanes) is 1. The average molecular weight is 430 g/mol. The minimum atomic E-state index is -3.69. The van der Waals surface area contributed by atoms with Gasteiger partial charge in [0.2, 0.25) is 0 Å². The van der Waals surface area contributed by atoms with Crippen LogP contribution < -0.4 is 9.64 Å². The third-order valence-electron chi connectivity index (χ3n) is 5.80. The Morgan fingerprint density at radius 3 is 2.30 bits per heavy atom. The number of sulfonamides is 1. The molecule has 2 aromatic rings. The van der Waals surface area contributed by atoms with E-state index in [0.717, 1.165) is 54.9 Å². The monoisotopic (exact) mass is 429 g/mol. The summed E-state index contributed by atoms with van der Waals surface area (Å²) in [7, 11) is -2.00. The molecule has 2 heterocycles. The average Bonchev–Trinajstić information content (AvgIpc) is 2.97. The lowest BCUT2D eigenvalue weighted by Crippen LogP contribution is -2.46. The second-order valence-corrected chi connectivity index (χ2v) is 9.42. The molecule has 2 aliphatic rings. The molecule has 160 valence electrons. The lowest BCUT2D eigenvalue weighted by Gasteiger charge is -2.36. The van der Waals surface area contributed by atoms with Gasteiger partial charge in [0.25, 0.3) is 15.9 Å². The summed E-state index contributed by atoms with van der Waals surface area (Å²) >= 11 is 0. The number of carbonyl (C=O) groups excluding carboxylic acids is 1. The van der Waals surface area contributed by atoms with E-state index in [1.165, 1.54) is 6.07 Å². The van der Waals surface area contributed by atoms with Gasteiger partial charge in [0, 0.05) is 32.7 Å². The highest BCUT2D eigenvalue weighted by atomic mass is 32.2. The minimum Gasteiger partial charge on any atom is -0.495 e. The van der Waals surface area contributed by atoms with E-state index in [0.29, 0.717) is 6.42 Å². The van der Waals surface area contributed by atoms with Gasteiger partial charge in [-0.25, -0.2) is 12.7 Å². The molecular weight excluding hydrogens is 402 g/mol. The predicted molar refractivity (Wildman–Crippen MR) is 116 cm³/mol. The van der Waals surface area contributed by atoms with Gasteiger partial charge in [-0.3, -0.25) is 9.69 Å². The Hall–Kier alpha value is -2.58. The number of hydrogen-bond donors (Lipinski definition) is 0. The molecule has 0 atom stereocenters. The Bertz CT molecular complexity index is 1020. The van der Waals surface area contributed by atoms with Crippen LogP contribution in [-0.2, 0) is 10.0 Å². The van der Waals surface area contributed by atoms with Gasteiger partial charge in [-0.15, -0.1) is 0 Å². The van der Waals surface area contributed by atoms with Crippen molar-refractivity contribution in [3.8, 4) is 5.75 Å². The van der Waals surface area contributed by atoms with Crippen molar-refractivity contribution in [2.45, 2.75) is 17.7 Å². The zero-order chi connectivity index (χ0) is 21.1. The van der Waals surface area contributed by atoms with Crippen molar-refractivity contribution in [1.29, 1.82) is 0 Å². The van der Waals surface area contributed by atoms with Crippen molar-refractivity contribution in [2.75, 3.05) is 51.3 Å². The number of para-hydroxylation sites is 2.